The SMILES string of the molecule is CCN(Cc1occc1C)C(=O)[C@H]1CCC(=O)N(C)[C@@H]1c1ccnn1C. The molecule has 0 bridgehead atoms. The molecule has 2 amide bonds. The van der Waals surface area contributed by atoms with Crippen molar-refractivity contribution in [3.63, 3.8) is 0 Å². The van der Waals surface area contributed by atoms with Crippen molar-refractivity contribution < 1.29 is 14.0 Å². The quantitative estimate of drug-likeness (QED) is 0.822. The zero-order valence-corrected chi connectivity index (χ0v) is 15.8. The number of piperidine rings is 1. The average molecular weight is 358 g/mol. The molecule has 0 saturated carbocycles. The van der Waals surface area contributed by atoms with Crippen molar-refractivity contribution in [3.8, 4) is 0 Å². The van der Waals surface area contributed by atoms with Crippen molar-refractivity contribution in [2.75, 3.05) is 13.6 Å². The average Bonchev–Trinajstić information content (AvgIpc) is 3.22. The highest BCUT2D eigenvalue weighted by Gasteiger charge is 2.41. The fourth-order valence-corrected chi connectivity index (χ4v) is 3.70. The topological polar surface area (TPSA) is 71.6 Å². The summed E-state index contributed by atoms with van der Waals surface area (Å²) in [6.45, 7) is 4.97. The molecule has 3 heterocycles. The number of carbonyl (C=O) groups is 2. The first-order chi connectivity index (χ1) is 12.4. The Kier molecular flexibility index (Phi) is 5.15. The van der Waals surface area contributed by atoms with Crippen LogP contribution in [0.2, 0.25) is 0 Å². The molecule has 0 aromatic carbocycles. The van der Waals surface area contributed by atoms with Gasteiger partial charge in [0.1, 0.15) is 5.76 Å². The molecule has 1 aliphatic rings. The Morgan fingerprint density at radius 1 is 1.38 bits per heavy atom. The Bertz CT molecular complexity index is 794. The Morgan fingerprint density at radius 3 is 2.73 bits per heavy atom. The predicted molar refractivity (Wildman–Crippen MR) is 96.0 cm³/mol. The lowest BCUT2D eigenvalue weighted by molar-refractivity contribution is -0.147. The monoisotopic (exact) mass is 358 g/mol. The first kappa shape index (κ1) is 18.2. The minimum absolute atomic E-state index is 0.0499. The van der Waals surface area contributed by atoms with Crippen molar-refractivity contribution in [1.29, 1.82) is 0 Å². The van der Waals surface area contributed by atoms with Crippen LogP contribution in [-0.2, 0) is 23.2 Å². The van der Waals surface area contributed by atoms with Crippen LogP contribution in [0.3, 0.4) is 0 Å². The van der Waals surface area contributed by atoms with Gasteiger partial charge < -0.3 is 14.2 Å². The molecule has 140 valence electrons. The fraction of sp³-hybridized carbons (Fsp3) is 0.526. The second-order valence-electron chi connectivity index (χ2n) is 6.85. The largest absolute Gasteiger partial charge is 0.467 e. The molecule has 0 aliphatic carbocycles. The van der Waals surface area contributed by atoms with Crippen LogP contribution in [0.15, 0.2) is 29.0 Å². The maximum absolute atomic E-state index is 13.4. The van der Waals surface area contributed by atoms with Crippen LogP contribution in [0.25, 0.3) is 0 Å². The molecule has 2 atom stereocenters. The molecule has 0 radical (unpaired) electrons. The van der Waals surface area contributed by atoms with Gasteiger partial charge in [-0.1, -0.05) is 0 Å². The molecule has 2 aromatic rings. The van der Waals surface area contributed by atoms with E-state index in [-0.39, 0.29) is 23.8 Å². The number of furan rings is 1. The zero-order valence-electron chi connectivity index (χ0n) is 15.8. The van der Waals surface area contributed by atoms with Crippen LogP contribution in [0.1, 0.15) is 42.8 Å². The summed E-state index contributed by atoms with van der Waals surface area (Å²) < 4.78 is 7.26. The molecule has 0 spiro atoms. The summed E-state index contributed by atoms with van der Waals surface area (Å²) in [6.07, 6.45) is 4.28. The minimum Gasteiger partial charge on any atom is -0.467 e. The molecule has 1 aliphatic heterocycles. The van der Waals surface area contributed by atoms with Crippen molar-refractivity contribution in [1.82, 2.24) is 19.6 Å². The highest BCUT2D eigenvalue weighted by molar-refractivity contribution is 5.84. The molecule has 3 rings (SSSR count). The van der Waals surface area contributed by atoms with Gasteiger partial charge in [-0.15, -0.1) is 0 Å². The van der Waals surface area contributed by atoms with Crippen LogP contribution in [0.4, 0.5) is 0 Å². The lowest BCUT2D eigenvalue weighted by atomic mass is 9.85. The number of likely N-dealkylation sites (tertiary alicyclic amines) is 1. The summed E-state index contributed by atoms with van der Waals surface area (Å²) in [6, 6.07) is 3.48. The molecule has 1 fully saturated rings. The van der Waals surface area contributed by atoms with E-state index in [1.165, 1.54) is 0 Å². The van der Waals surface area contributed by atoms with Gasteiger partial charge in [0, 0.05) is 33.3 Å². The van der Waals surface area contributed by atoms with Crippen LogP contribution >= 0.6 is 0 Å². The van der Waals surface area contributed by atoms with E-state index >= 15 is 0 Å². The second-order valence-corrected chi connectivity index (χ2v) is 6.85. The number of hydrogen-bond acceptors (Lipinski definition) is 4. The van der Waals surface area contributed by atoms with Crippen molar-refractivity contribution in [3.05, 3.63) is 41.6 Å². The van der Waals surface area contributed by atoms with E-state index in [2.05, 4.69) is 5.10 Å². The van der Waals surface area contributed by atoms with Gasteiger partial charge >= 0.3 is 0 Å². The van der Waals surface area contributed by atoms with E-state index in [0.717, 1.165) is 17.0 Å². The smallest absolute Gasteiger partial charge is 0.228 e. The van der Waals surface area contributed by atoms with Gasteiger partial charge in [0.05, 0.1) is 30.5 Å². The zero-order chi connectivity index (χ0) is 18.8. The minimum atomic E-state index is -0.303. The third-order valence-electron chi connectivity index (χ3n) is 5.34. The summed E-state index contributed by atoms with van der Waals surface area (Å²) in [5.41, 5.74) is 1.92. The lowest BCUT2D eigenvalue weighted by Gasteiger charge is -2.40. The standard InChI is InChI=1S/C19H26N4O3/c1-5-23(12-16-13(2)9-11-26-16)19(25)14-6-7-17(24)21(3)18(14)15-8-10-20-22(15)4/h8-11,14,18H,5-7,12H2,1-4H3/t14-,18-/m0/s1. The van der Waals surface area contributed by atoms with E-state index in [1.807, 2.05) is 37.9 Å². The highest BCUT2D eigenvalue weighted by atomic mass is 16.3. The summed E-state index contributed by atoms with van der Waals surface area (Å²) in [7, 11) is 3.61. The molecule has 7 nitrogen and oxygen atoms in total. The highest BCUT2D eigenvalue weighted by Crippen LogP contribution is 2.36. The van der Waals surface area contributed by atoms with Gasteiger partial charge in [-0.3, -0.25) is 14.3 Å². The first-order valence-electron chi connectivity index (χ1n) is 8.99. The van der Waals surface area contributed by atoms with Gasteiger partial charge in [-0.25, -0.2) is 0 Å². The van der Waals surface area contributed by atoms with Gasteiger partial charge in [-0.05, 0) is 38.0 Å². The normalized spacial score (nSPS) is 20.5. The van der Waals surface area contributed by atoms with Gasteiger partial charge in [-0.2, -0.15) is 5.10 Å². The second kappa shape index (κ2) is 7.35. The predicted octanol–water partition coefficient (Wildman–Crippen LogP) is 2.28. The Labute approximate surface area is 153 Å². The number of hydrogen-bond donors (Lipinski definition) is 0. The number of aryl methyl sites for hydroxylation is 2. The fourth-order valence-electron chi connectivity index (χ4n) is 3.70. The summed E-state index contributed by atoms with van der Waals surface area (Å²) in [5.74, 6) is 0.625. The number of rotatable bonds is 5. The van der Waals surface area contributed by atoms with E-state index < -0.39 is 0 Å². The van der Waals surface area contributed by atoms with Crippen LogP contribution in [-0.4, -0.2) is 45.0 Å². The Morgan fingerprint density at radius 2 is 2.15 bits per heavy atom. The summed E-state index contributed by atoms with van der Waals surface area (Å²) in [4.78, 5) is 29.1. The van der Waals surface area contributed by atoms with E-state index in [0.29, 0.717) is 25.9 Å². The number of nitrogens with zero attached hydrogens (tertiary/aromatic N) is 4. The van der Waals surface area contributed by atoms with Crippen molar-refractivity contribution in [2.24, 2.45) is 13.0 Å². The van der Waals surface area contributed by atoms with Crippen LogP contribution < -0.4 is 0 Å². The molecular formula is C19H26N4O3. The molecule has 2 aromatic heterocycles. The molecular weight excluding hydrogens is 332 g/mol. The third kappa shape index (κ3) is 3.25. The molecule has 26 heavy (non-hydrogen) atoms. The third-order valence-corrected chi connectivity index (χ3v) is 5.34. The Hall–Kier alpha value is -2.57. The van der Waals surface area contributed by atoms with Gasteiger partial charge in [0.15, 0.2) is 0 Å². The molecule has 7 heteroatoms. The van der Waals surface area contributed by atoms with E-state index in [1.54, 1.807) is 29.1 Å². The van der Waals surface area contributed by atoms with Crippen molar-refractivity contribution in [2.45, 2.75) is 39.3 Å². The maximum Gasteiger partial charge on any atom is 0.228 e. The van der Waals surface area contributed by atoms with Crippen LogP contribution in [0, 0.1) is 12.8 Å². The maximum atomic E-state index is 13.4. The van der Waals surface area contributed by atoms with E-state index in [4.69, 9.17) is 4.42 Å². The van der Waals surface area contributed by atoms with Crippen molar-refractivity contribution >= 4 is 11.8 Å². The number of amides is 2. The van der Waals surface area contributed by atoms with E-state index in [9.17, 15) is 9.59 Å². The first-order valence-corrected chi connectivity index (χ1v) is 8.99. The number of aromatic nitrogens is 2. The molecule has 0 unspecified atom stereocenters. The van der Waals surface area contributed by atoms with Gasteiger partial charge in [0.25, 0.3) is 0 Å². The molecule has 1 saturated heterocycles. The summed E-state index contributed by atoms with van der Waals surface area (Å²) >= 11 is 0. The lowest BCUT2D eigenvalue weighted by Crippen LogP contribution is -2.48. The van der Waals surface area contributed by atoms with Gasteiger partial charge in [0.2, 0.25) is 11.8 Å². The van der Waals surface area contributed by atoms with Crippen LogP contribution in [0.5, 0.6) is 0 Å². The Balaban J connectivity index is 1.88. The number of carbonyl (C=O) groups excluding carboxylic acids is 2. The summed E-state index contributed by atoms with van der Waals surface area (Å²) in [5, 5.41) is 4.22. The molecule has 0 N–H and O–H groups in total.